The Kier molecular flexibility index (Phi) is 3.84. The lowest BCUT2D eigenvalue weighted by Crippen LogP contribution is -2.26. The Morgan fingerprint density at radius 3 is 2.78 bits per heavy atom. The predicted octanol–water partition coefficient (Wildman–Crippen LogP) is 1.56. The van der Waals surface area contributed by atoms with Crippen molar-refractivity contribution < 1.29 is 4.74 Å². The van der Waals surface area contributed by atoms with Gasteiger partial charge in [0.15, 0.2) is 5.15 Å². The molecule has 0 spiro atoms. The van der Waals surface area contributed by atoms with Gasteiger partial charge in [0, 0.05) is 0 Å². The van der Waals surface area contributed by atoms with Gasteiger partial charge in [-0.15, -0.1) is 0 Å². The van der Waals surface area contributed by atoms with E-state index in [1.807, 2.05) is 30.3 Å². The van der Waals surface area contributed by atoms with Crippen molar-refractivity contribution in [1.82, 2.24) is 9.55 Å². The van der Waals surface area contributed by atoms with Gasteiger partial charge in [-0.05, 0) is 12.1 Å². The van der Waals surface area contributed by atoms with Crippen LogP contribution in [-0.2, 0) is 6.54 Å². The third-order valence-electron chi connectivity index (χ3n) is 2.37. The topological polar surface area (TPSA) is 70.1 Å². The van der Waals surface area contributed by atoms with E-state index in [0.29, 0.717) is 13.2 Å². The van der Waals surface area contributed by atoms with Crippen molar-refractivity contribution >= 4 is 17.3 Å². The Hall–Kier alpha value is -2.01. The summed E-state index contributed by atoms with van der Waals surface area (Å²) in [6, 6.07) is 9.35. The second-order valence-corrected chi connectivity index (χ2v) is 3.97. The lowest BCUT2D eigenvalue weighted by molar-refractivity contribution is 0.296. The molecular weight excluding hydrogens is 254 g/mol. The minimum atomic E-state index is -0.355. The Labute approximate surface area is 109 Å². The normalized spacial score (nSPS) is 10.3. The average Bonchev–Trinajstić information content (AvgIpc) is 2.40. The van der Waals surface area contributed by atoms with Gasteiger partial charge >= 0.3 is 0 Å². The highest BCUT2D eigenvalue weighted by Crippen LogP contribution is 2.09. The van der Waals surface area contributed by atoms with Crippen LogP contribution < -0.4 is 16.0 Å². The molecule has 0 amide bonds. The number of benzene rings is 1. The van der Waals surface area contributed by atoms with Crippen molar-refractivity contribution in [3.63, 3.8) is 0 Å². The van der Waals surface area contributed by atoms with Gasteiger partial charge in [0.05, 0.1) is 12.9 Å². The van der Waals surface area contributed by atoms with Crippen molar-refractivity contribution in [2.45, 2.75) is 6.54 Å². The molecular formula is C12H12ClN3O2. The van der Waals surface area contributed by atoms with Gasteiger partial charge in [-0.2, -0.15) is 0 Å². The van der Waals surface area contributed by atoms with Crippen molar-refractivity contribution in [1.29, 1.82) is 0 Å². The van der Waals surface area contributed by atoms with E-state index in [4.69, 9.17) is 22.1 Å². The number of halogens is 1. The summed E-state index contributed by atoms with van der Waals surface area (Å²) in [7, 11) is 0. The highest BCUT2D eigenvalue weighted by atomic mass is 35.5. The molecule has 0 radical (unpaired) electrons. The van der Waals surface area contributed by atoms with E-state index >= 15 is 0 Å². The van der Waals surface area contributed by atoms with Gasteiger partial charge in [-0.3, -0.25) is 9.36 Å². The van der Waals surface area contributed by atoms with E-state index in [-0.39, 0.29) is 16.4 Å². The number of hydrogen-bond donors (Lipinski definition) is 1. The first-order chi connectivity index (χ1) is 8.68. The Balaban J connectivity index is 1.99. The zero-order valence-electron chi connectivity index (χ0n) is 9.54. The monoisotopic (exact) mass is 265 g/mol. The molecule has 2 rings (SSSR count). The minimum absolute atomic E-state index is 0.0280. The van der Waals surface area contributed by atoms with E-state index in [2.05, 4.69) is 4.98 Å². The number of rotatable bonds is 4. The number of para-hydroxylation sites is 1. The minimum Gasteiger partial charge on any atom is -0.492 e. The molecule has 0 aliphatic rings. The summed E-state index contributed by atoms with van der Waals surface area (Å²) in [5.41, 5.74) is 5.10. The van der Waals surface area contributed by atoms with Crippen molar-refractivity contribution in [2.24, 2.45) is 0 Å². The fourth-order valence-electron chi connectivity index (χ4n) is 1.42. The molecule has 0 bridgehead atoms. The van der Waals surface area contributed by atoms with Crippen molar-refractivity contribution in [3.8, 4) is 5.75 Å². The fourth-order valence-corrected chi connectivity index (χ4v) is 1.55. The molecule has 1 aromatic carbocycles. The third-order valence-corrected chi connectivity index (χ3v) is 2.67. The molecule has 0 atom stereocenters. The molecule has 0 unspecified atom stereocenters. The Bertz CT molecular complexity index is 584. The highest BCUT2D eigenvalue weighted by molar-refractivity contribution is 6.31. The quantitative estimate of drug-likeness (QED) is 0.852. The largest absolute Gasteiger partial charge is 0.492 e. The van der Waals surface area contributed by atoms with Crippen LogP contribution in [0.1, 0.15) is 0 Å². The number of ether oxygens (including phenoxy) is 1. The molecule has 1 aromatic heterocycles. The maximum Gasteiger partial charge on any atom is 0.278 e. The fraction of sp³-hybridized carbons (Fsp3) is 0.167. The number of hydrogen-bond acceptors (Lipinski definition) is 4. The number of aromatic nitrogens is 2. The summed E-state index contributed by atoms with van der Waals surface area (Å²) < 4.78 is 6.84. The lowest BCUT2D eigenvalue weighted by atomic mass is 10.3. The van der Waals surface area contributed by atoms with Crippen molar-refractivity contribution in [3.05, 3.63) is 52.2 Å². The lowest BCUT2D eigenvalue weighted by Gasteiger charge is -2.08. The molecule has 1 heterocycles. The first-order valence-corrected chi connectivity index (χ1v) is 5.74. The van der Waals surface area contributed by atoms with Crippen LogP contribution in [0, 0.1) is 0 Å². The van der Waals surface area contributed by atoms with Crippen LogP contribution >= 0.6 is 11.6 Å². The van der Waals surface area contributed by atoms with Crippen LogP contribution in [0.3, 0.4) is 0 Å². The third kappa shape index (κ3) is 2.81. The summed E-state index contributed by atoms with van der Waals surface area (Å²) in [6.07, 6.45) is 1.36. The van der Waals surface area contributed by atoms with E-state index in [1.165, 1.54) is 10.9 Å². The summed E-state index contributed by atoms with van der Waals surface area (Å²) in [4.78, 5) is 15.5. The molecule has 0 aliphatic carbocycles. The summed E-state index contributed by atoms with van der Waals surface area (Å²) >= 11 is 5.64. The molecule has 2 N–H and O–H groups in total. The molecule has 2 aromatic rings. The maximum absolute atomic E-state index is 11.7. The molecule has 5 nitrogen and oxygen atoms in total. The number of nitrogens with zero attached hydrogens (tertiary/aromatic N) is 2. The molecule has 0 aliphatic heterocycles. The van der Waals surface area contributed by atoms with Gasteiger partial charge in [0.2, 0.25) is 0 Å². The van der Waals surface area contributed by atoms with Gasteiger partial charge in [0.25, 0.3) is 5.56 Å². The standard InChI is InChI=1S/C12H12ClN3O2/c13-11-10(14)12(17)16(8-15-11)6-7-18-9-4-2-1-3-5-9/h1-5,8H,6-7,14H2. The second kappa shape index (κ2) is 5.55. The van der Waals surface area contributed by atoms with Crippen LogP contribution in [0.15, 0.2) is 41.5 Å². The first-order valence-electron chi connectivity index (χ1n) is 5.37. The molecule has 0 saturated heterocycles. The Morgan fingerprint density at radius 1 is 1.33 bits per heavy atom. The summed E-state index contributed by atoms with van der Waals surface area (Å²) in [5.74, 6) is 0.750. The summed E-state index contributed by atoms with van der Waals surface area (Å²) in [5, 5.41) is 0.0280. The van der Waals surface area contributed by atoms with Crippen molar-refractivity contribution in [2.75, 3.05) is 12.3 Å². The van der Waals surface area contributed by atoms with E-state index in [1.54, 1.807) is 0 Å². The number of anilines is 1. The first kappa shape index (κ1) is 12.4. The maximum atomic E-state index is 11.7. The van der Waals surface area contributed by atoms with Crippen LogP contribution in [0.25, 0.3) is 0 Å². The van der Waals surface area contributed by atoms with Gasteiger partial charge in [0.1, 0.15) is 18.0 Å². The predicted molar refractivity (Wildman–Crippen MR) is 69.9 cm³/mol. The highest BCUT2D eigenvalue weighted by Gasteiger charge is 2.05. The second-order valence-electron chi connectivity index (χ2n) is 3.61. The van der Waals surface area contributed by atoms with Gasteiger partial charge < -0.3 is 10.5 Å². The Morgan fingerprint density at radius 2 is 2.06 bits per heavy atom. The zero-order chi connectivity index (χ0) is 13.0. The van der Waals surface area contributed by atoms with Crippen LogP contribution in [0.5, 0.6) is 5.75 Å². The van der Waals surface area contributed by atoms with Gasteiger partial charge in [-0.1, -0.05) is 29.8 Å². The number of nitrogens with two attached hydrogens (primary N) is 1. The SMILES string of the molecule is Nc1c(Cl)ncn(CCOc2ccccc2)c1=O. The average molecular weight is 266 g/mol. The molecule has 0 fully saturated rings. The molecule has 18 heavy (non-hydrogen) atoms. The summed E-state index contributed by atoms with van der Waals surface area (Å²) in [6.45, 7) is 0.717. The van der Waals surface area contributed by atoms with Crippen LogP contribution in [0.4, 0.5) is 5.69 Å². The van der Waals surface area contributed by atoms with Crippen LogP contribution in [-0.4, -0.2) is 16.2 Å². The molecule has 6 heteroatoms. The van der Waals surface area contributed by atoms with Gasteiger partial charge in [-0.25, -0.2) is 4.98 Å². The smallest absolute Gasteiger partial charge is 0.278 e. The molecule has 94 valence electrons. The molecule has 0 saturated carbocycles. The van der Waals surface area contributed by atoms with Crippen LogP contribution in [0.2, 0.25) is 5.15 Å². The van der Waals surface area contributed by atoms with E-state index in [0.717, 1.165) is 5.75 Å². The zero-order valence-corrected chi connectivity index (χ0v) is 10.3. The van der Waals surface area contributed by atoms with E-state index < -0.39 is 0 Å². The number of nitrogen functional groups attached to an aromatic ring is 1. The van der Waals surface area contributed by atoms with E-state index in [9.17, 15) is 4.79 Å².